The predicted octanol–water partition coefficient (Wildman–Crippen LogP) is 4.39. The van der Waals surface area contributed by atoms with Crippen LogP contribution in [-0.4, -0.2) is 32.1 Å². The van der Waals surface area contributed by atoms with Crippen LogP contribution < -0.4 is 4.74 Å². The molecule has 1 rings (SSSR count). The van der Waals surface area contributed by atoms with Crippen molar-refractivity contribution in [3.63, 3.8) is 0 Å². The molecule has 0 unspecified atom stereocenters. The number of ether oxygens (including phenoxy) is 1. The second-order valence-electron chi connectivity index (χ2n) is 8.34. The molecular weight excluding hydrogens is 320 g/mol. The highest BCUT2D eigenvalue weighted by atomic mass is 28.4. The third-order valence-corrected chi connectivity index (χ3v) is 9.51. The molecular formula is C19H32O4Si. The normalized spacial score (nSPS) is 14.3. The van der Waals surface area contributed by atoms with Gasteiger partial charge in [-0.25, -0.2) is 0 Å². The van der Waals surface area contributed by atoms with Crippen molar-refractivity contribution in [3.8, 4) is 5.75 Å². The van der Waals surface area contributed by atoms with E-state index in [-0.39, 0.29) is 5.04 Å². The predicted molar refractivity (Wildman–Crippen MR) is 99.6 cm³/mol. The van der Waals surface area contributed by atoms with Gasteiger partial charge in [0.05, 0.1) is 11.5 Å². The minimum Gasteiger partial charge on any atom is -0.426 e. The Kier molecular flexibility index (Phi) is 6.79. The molecule has 0 aliphatic rings. The standard InChI is InChI=1S/C19H32O4Si/c1-18(2,3)24(6,7)22-14-13-16(20)19(4,5)17(21)23-15-11-9-8-10-12-15/h8-12,16,20H,13-14H2,1-7H3/t16-/m0/s1. The Hall–Kier alpha value is -1.17. The van der Waals surface area contributed by atoms with Crippen molar-refractivity contribution in [2.24, 2.45) is 5.41 Å². The van der Waals surface area contributed by atoms with Gasteiger partial charge in [-0.1, -0.05) is 39.0 Å². The van der Waals surface area contributed by atoms with Crippen LogP contribution in [0.1, 0.15) is 41.0 Å². The van der Waals surface area contributed by atoms with Crippen LogP contribution in [0.2, 0.25) is 18.1 Å². The van der Waals surface area contributed by atoms with Crippen molar-refractivity contribution in [3.05, 3.63) is 30.3 Å². The lowest BCUT2D eigenvalue weighted by Crippen LogP contribution is -2.44. The van der Waals surface area contributed by atoms with Gasteiger partial charge in [0.25, 0.3) is 0 Å². The highest BCUT2D eigenvalue weighted by Crippen LogP contribution is 2.37. The van der Waals surface area contributed by atoms with Gasteiger partial charge in [-0.05, 0) is 50.5 Å². The molecule has 1 N–H and O–H groups in total. The van der Waals surface area contributed by atoms with Crippen LogP contribution in [0.25, 0.3) is 0 Å². The van der Waals surface area contributed by atoms with E-state index in [4.69, 9.17) is 9.16 Å². The van der Waals surface area contributed by atoms with Crippen LogP contribution >= 0.6 is 0 Å². The van der Waals surface area contributed by atoms with E-state index in [1.807, 2.05) is 6.07 Å². The summed E-state index contributed by atoms with van der Waals surface area (Å²) in [6.07, 6.45) is -0.415. The van der Waals surface area contributed by atoms with Gasteiger partial charge in [-0.2, -0.15) is 0 Å². The third-order valence-electron chi connectivity index (χ3n) is 4.97. The SMILES string of the molecule is CC(C)(C(=O)Oc1ccccc1)[C@@H](O)CCO[Si](C)(C)C(C)(C)C. The van der Waals surface area contributed by atoms with Crippen molar-refractivity contribution in [2.45, 2.75) is 65.3 Å². The van der Waals surface area contributed by atoms with Gasteiger partial charge < -0.3 is 14.3 Å². The summed E-state index contributed by atoms with van der Waals surface area (Å²) in [5.41, 5.74) is -0.993. The number of esters is 1. The topological polar surface area (TPSA) is 55.8 Å². The summed E-state index contributed by atoms with van der Waals surface area (Å²) in [6, 6.07) is 8.91. The molecule has 0 aliphatic heterocycles. The number of hydrogen-bond acceptors (Lipinski definition) is 4. The highest BCUT2D eigenvalue weighted by Gasteiger charge is 2.40. The average Bonchev–Trinajstić information content (AvgIpc) is 2.46. The molecule has 0 radical (unpaired) electrons. The quantitative estimate of drug-likeness (QED) is 0.449. The summed E-state index contributed by atoms with van der Waals surface area (Å²) in [5.74, 6) is 0.0498. The van der Waals surface area contributed by atoms with Crippen molar-refractivity contribution in [2.75, 3.05) is 6.61 Å². The Morgan fingerprint density at radius 1 is 1.12 bits per heavy atom. The number of para-hydroxylation sites is 1. The van der Waals surface area contributed by atoms with E-state index in [0.717, 1.165) is 0 Å². The van der Waals surface area contributed by atoms with Crippen LogP contribution in [0.5, 0.6) is 5.75 Å². The Morgan fingerprint density at radius 3 is 2.17 bits per heavy atom. The fourth-order valence-corrected chi connectivity index (χ4v) is 2.93. The van der Waals surface area contributed by atoms with Crippen molar-refractivity contribution in [1.29, 1.82) is 0 Å². The third kappa shape index (κ3) is 5.43. The maximum absolute atomic E-state index is 12.4. The number of aliphatic hydroxyl groups excluding tert-OH is 1. The molecule has 1 aromatic carbocycles. The molecule has 0 aliphatic carbocycles. The van der Waals surface area contributed by atoms with Crippen molar-refractivity contribution < 1.29 is 19.1 Å². The number of carbonyl (C=O) groups is 1. The van der Waals surface area contributed by atoms with Gasteiger partial charge in [0.15, 0.2) is 8.32 Å². The van der Waals surface area contributed by atoms with Crippen LogP contribution in [-0.2, 0) is 9.22 Å². The van der Waals surface area contributed by atoms with E-state index in [1.165, 1.54) is 0 Å². The summed E-state index contributed by atoms with van der Waals surface area (Å²) in [7, 11) is -1.85. The molecule has 136 valence electrons. The largest absolute Gasteiger partial charge is 0.426 e. The van der Waals surface area contributed by atoms with Crippen molar-refractivity contribution >= 4 is 14.3 Å². The lowest BCUT2D eigenvalue weighted by molar-refractivity contribution is -0.150. The molecule has 0 fully saturated rings. The van der Waals surface area contributed by atoms with Gasteiger partial charge in [0.2, 0.25) is 0 Å². The lowest BCUT2D eigenvalue weighted by Gasteiger charge is -2.37. The number of hydrogen-bond donors (Lipinski definition) is 1. The summed E-state index contributed by atoms with van der Waals surface area (Å²) < 4.78 is 11.5. The summed E-state index contributed by atoms with van der Waals surface area (Å²) >= 11 is 0. The van der Waals surface area contributed by atoms with E-state index in [9.17, 15) is 9.90 Å². The molecule has 5 heteroatoms. The van der Waals surface area contributed by atoms with Gasteiger partial charge in [0.1, 0.15) is 5.75 Å². The number of rotatable bonds is 7. The lowest BCUT2D eigenvalue weighted by atomic mass is 9.85. The zero-order valence-electron chi connectivity index (χ0n) is 16.1. The van der Waals surface area contributed by atoms with Gasteiger partial charge in [-0.15, -0.1) is 0 Å². The minimum absolute atomic E-state index is 0.125. The molecule has 24 heavy (non-hydrogen) atoms. The van der Waals surface area contributed by atoms with E-state index in [2.05, 4.69) is 33.9 Å². The molecule has 0 bridgehead atoms. The maximum Gasteiger partial charge on any atom is 0.319 e. The van der Waals surface area contributed by atoms with E-state index >= 15 is 0 Å². The fourth-order valence-electron chi connectivity index (χ4n) is 1.87. The first kappa shape index (κ1) is 20.9. The van der Waals surface area contributed by atoms with Gasteiger partial charge in [-0.3, -0.25) is 4.79 Å². The Bertz CT molecular complexity index is 532. The van der Waals surface area contributed by atoms with Gasteiger partial charge >= 0.3 is 5.97 Å². The first-order chi connectivity index (χ1) is 10.9. The second-order valence-corrected chi connectivity index (χ2v) is 13.1. The van der Waals surface area contributed by atoms with Crippen LogP contribution in [0, 0.1) is 5.41 Å². The van der Waals surface area contributed by atoms with Gasteiger partial charge in [0, 0.05) is 6.61 Å². The highest BCUT2D eigenvalue weighted by molar-refractivity contribution is 6.74. The molecule has 1 atom stereocenters. The Morgan fingerprint density at radius 2 is 1.67 bits per heavy atom. The zero-order valence-corrected chi connectivity index (χ0v) is 17.1. The molecule has 0 amide bonds. The van der Waals surface area contributed by atoms with Crippen LogP contribution in [0.15, 0.2) is 30.3 Å². The molecule has 0 spiro atoms. The average molecular weight is 353 g/mol. The smallest absolute Gasteiger partial charge is 0.319 e. The summed E-state index contributed by atoms with van der Waals surface area (Å²) in [5, 5.41) is 10.6. The van der Waals surface area contributed by atoms with Crippen molar-refractivity contribution in [1.82, 2.24) is 0 Å². The monoisotopic (exact) mass is 352 g/mol. The van der Waals surface area contributed by atoms with E-state index in [0.29, 0.717) is 18.8 Å². The molecule has 0 saturated heterocycles. The number of carbonyl (C=O) groups excluding carboxylic acids is 1. The first-order valence-corrected chi connectivity index (χ1v) is 11.4. The van der Waals surface area contributed by atoms with Crippen LogP contribution in [0.3, 0.4) is 0 Å². The molecule has 0 saturated carbocycles. The molecule has 4 nitrogen and oxygen atoms in total. The summed E-state index contributed by atoms with van der Waals surface area (Å²) in [6.45, 7) is 14.7. The van der Waals surface area contributed by atoms with E-state index in [1.54, 1.807) is 38.1 Å². The van der Waals surface area contributed by atoms with Crippen LogP contribution in [0.4, 0.5) is 0 Å². The molecule has 1 aromatic rings. The first-order valence-electron chi connectivity index (χ1n) is 8.47. The molecule has 0 heterocycles. The zero-order chi connectivity index (χ0) is 18.6. The number of benzene rings is 1. The Balaban J connectivity index is 2.59. The maximum atomic E-state index is 12.4. The second kappa shape index (κ2) is 7.81. The number of aliphatic hydroxyl groups is 1. The minimum atomic E-state index is -1.85. The Labute approximate surface area is 147 Å². The van der Waals surface area contributed by atoms with E-state index < -0.39 is 25.8 Å². The molecule has 0 aromatic heterocycles. The summed E-state index contributed by atoms with van der Waals surface area (Å²) in [4.78, 5) is 12.4. The fraction of sp³-hybridized carbons (Fsp3) is 0.632.